The van der Waals surface area contributed by atoms with Crippen LogP contribution >= 0.6 is 28.3 Å². The third-order valence-corrected chi connectivity index (χ3v) is 4.51. The quantitative estimate of drug-likeness (QED) is 0.816. The van der Waals surface area contributed by atoms with Gasteiger partial charge in [0.1, 0.15) is 5.82 Å². The number of hydrogen-bond donors (Lipinski definition) is 1. The van der Waals surface area contributed by atoms with Crippen molar-refractivity contribution >= 4 is 28.3 Å². The molecule has 0 radical (unpaired) electrons. The maximum absolute atomic E-state index is 13.7. The van der Waals surface area contributed by atoms with Gasteiger partial charge >= 0.3 is 0 Å². The van der Waals surface area contributed by atoms with Crippen molar-refractivity contribution in [3.05, 3.63) is 34.1 Å². The van der Waals surface area contributed by atoms with Crippen molar-refractivity contribution < 1.29 is 4.39 Å². The van der Waals surface area contributed by atoms with E-state index in [2.05, 4.69) is 46.1 Å². The van der Waals surface area contributed by atoms with Gasteiger partial charge in [0.15, 0.2) is 0 Å². The van der Waals surface area contributed by atoms with Crippen LogP contribution in [-0.4, -0.2) is 31.1 Å². The van der Waals surface area contributed by atoms with Crippen molar-refractivity contribution in [2.24, 2.45) is 5.92 Å². The van der Waals surface area contributed by atoms with E-state index in [1.807, 2.05) is 0 Å². The molecule has 2 nitrogen and oxygen atoms in total. The van der Waals surface area contributed by atoms with Crippen LogP contribution in [0.2, 0.25) is 0 Å². The molecule has 0 aromatic heterocycles. The van der Waals surface area contributed by atoms with Crippen molar-refractivity contribution in [1.82, 2.24) is 10.2 Å². The maximum Gasteiger partial charge on any atom is 0.124 e. The fraction of sp³-hybridized carbons (Fsp3) is 0.625. The summed E-state index contributed by atoms with van der Waals surface area (Å²) in [6.45, 7) is 8.61. The highest BCUT2D eigenvalue weighted by Gasteiger charge is 2.27. The Morgan fingerprint density at radius 3 is 2.52 bits per heavy atom. The standard InChI is InChI=1S/C16H24BrFN2.ClH/c1-3-4-12(2)16(20-7-5-19-6-8-20)13-9-14(17)11-15(18)10-13;/h9-12,16,19H,3-8H2,1-2H3;1H/t12?,16-;/m1./s1. The number of nitrogens with one attached hydrogen (secondary N) is 1. The number of nitrogens with zero attached hydrogens (tertiary/aromatic N) is 1. The van der Waals surface area contributed by atoms with E-state index in [0.29, 0.717) is 12.0 Å². The zero-order chi connectivity index (χ0) is 14.5. The fourth-order valence-corrected chi connectivity index (χ4v) is 3.70. The van der Waals surface area contributed by atoms with Crippen LogP contribution in [0.3, 0.4) is 0 Å². The largest absolute Gasteiger partial charge is 0.314 e. The van der Waals surface area contributed by atoms with Crippen molar-refractivity contribution in [3.63, 3.8) is 0 Å². The summed E-state index contributed by atoms with van der Waals surface area (Å²) in [6, 6.07) is 5.61. The summed E-state index contributed by atoms with van der Waals surface area (Å²) >= 11 is 3.42. The van der Waals surface area contributed by atoms with Crippen LogP contribution in [0.4, 0.5) is 4.39 Å². The number of rotatable bonds is 5. The Morgan fingerprint density at radius 2 is 1.95 bits per heavy atom. The van der Waals surface area contributed by atoms with Crippen molar-refractivity contribution in [2.75, 3.05) is 26.2 Å². The van der Waals surface area contributed by atoms with Gasteiger partial charge in [-0.3, -0.25) is 4.90 Å². The Morgan fingerprint density at radius 1 is 1.29 bits per heavy atom. The molecule has 2 atom stereocenters. The van der Waals surface area contributed by atoms with Crippen LogP contribution in [0, 0.1) is 11.7 Å². The number of halogens is 3. The van der Waals surface area contributed by atoms with E-state index in [0.717, 1.165) is 36.2 Å². The van der Waals surface area contributed by atoms with Gasteiger partial charge in [0.2, 0.25) is 0 Å². The second-order valence-corrected chi connectivity index (χ2v) is 6.62. The normalized spacial score (nSPS) is 18.9. The highest BCUT2D eigenvalue weighted by molar-refractivity contribution is 9.10. The molecule has 1 unspecified atom stereocenters. The van der Waals surface area contributed by atoms with Gasteiger partial charge in [-0.1, -0.05) is 36.2 Å². The first-order chi connectivity index (χ1) is 9.61. The van der Waals surface area contributed by atoms with Crippen LogP contribution in [0.1, 0.15) is 38.3 Å². The van der Waals surface area contributed by atoms with Gasteiger partial charge in [0, 0.05) is 36.7 Å². The fourth-order valence-electron chi connectivity index (χ4n) is 3.22. The number of hydrogen-bond acceptors (Lipinski definition) is 2. The number of benzene rings is 1. The smallest absolute Gasteiger partial charge is 0.124 e. The lowest BCUT2D eigenvalue weighted by Gasteiger charge is -2.38. The summed E-state index contributed by atoms with van der Waals surface area (Å²) in [7, 11) is 0. The molecule has 0 amide bonds. The molecule has 120 valence electrons. The van der Waals surface area contributed by atoms with Crippen LogP contribution in [0.15, 0.2) is 22.7 Å². The second kappa shape index (κ2) is 9.09. The SMILES string of the molecule is CCCC(C)[C@H](c1cc(F)cc(Br)c1)N1CCNCC1.Cl. The molecule has 0 aliphatic carbocycles. The summed E-state index contributed by atoms with van der Waals surface area (Å²) in [5, 5.41) is 3.39. The summed E-state index contributed by atoms with van der Waals surface area (Å²) in [5.74, 6) is 0.380. The minimum Gasteiger partial charge on any atom is -0.314 e. The molecule has 1 aliphatic rings. The van der Waals surface area contributed by atoms with Gasteiger partial charge in [0.25, 0.3) is 0 Å². The average Bonchev–Trinajstić information content (AvgIpc) is 2.39. The zero-order valence-electron chi connectivity index (χ0n) is 12.7. The zero-order valence-corrected chi connectivity index (χ0v) is 15.1. The third kappa shape index (κ3) is 5.20. The molecular weight excluding hydrogens is 355 g/mol. The predicted molar refractivity (Wildman–Crippen MR) is 92.6 cm³/mol. The molecule has 21 heavy (non-hydrogen) atoms. The molecule has 5 heteroatoms. The Bertz CT molecular complexity index is 418. The minimum absolute atomic E-state index is 0. The molecule has 1 saturated heterocycles. The van der Waals surface area contributed by atoms with E-state index < -0.39 is 0 Å². The van der Waals surface area contributed by atoms with E-state index in [9.17, 15) is 4.39 Å². The summed E-state index contributed by atoms with van der Waals surface area (Å²) in [6.07, 6.45) is 2.34. The molecular formula is C16H25BrClFN2. The lowest BCUT2D eigenvalue weighted by atomic mass is 9.89. The third-order valence-electron chi connectivity index (χ3n) is 4.05. The van der Waals surface area contributed by atoms with Crippen LogP contribution in [0.25, 0.3) is 0 Å². The first-order valence-corrected chi connectivity index (χ1v) is 8.32. The lowest BCUT2D eigenvalue weighted by Crippen LogP contribution is -2.46. The summed E-state index contributed by atoms with van der Waals surface area (Å²) in [4.78, 5) is 2.50. The summed E-state index contributed by atoms with van der Waals surface area (Å²) in [5.41, 5.74) is 1.10. The first kappa shape index (κ1) is 18.9. The van der Waals surface area contributed by atoms with E-state index >= 15 is 0 Å². The molecule has 0 bridgehead atoms. The number of piperazine rings is 1. The second-order valence-electron chi connectivity index (χ2n) is 5.70. The van der Waals surface area contributed by atoms with Crippen LogP contribution in [-0.2, 0) is 0 Å². The van der Waals surface area contributed by atoms with Crippen molar-refractivity contribution in [1.29, 1.82) is 0 Å². The highest BCUT2D eigenvalue weighted by Crippen LogP contribution is 2.33. The molecule has 1 aromatic rings. The molecule has 1 aliphatic heterocycles. The molecule has 0 saturated carbocycles. The first-order valence-electron chi connectivity index (χ1n) is 7.52. The summed E-state index contributed by atoms with van der Waals surface area (Å²) < 4.78 is 14.6. The topological polar surface area (TPSA) is 15.3 Å². The van der Waals surface area contributed by atoms with Crippen molar-refractivity contribution in [3.8, 4) is 0 Å². The van der Waals surface area contributed by atoms with Gasteiger partial charge in [-0.2, -0.15) is 0 Å². The van der Waals surface area contributed by atoms with Crippen LogP contribution < -0.4 is 5.32 Å². The molecule has 1 heterocycles. The maximum atomic E-state index is 13.7. The Balaban J connectivity index is 0.00000220. The highest BCUT2D eigenvalue weighted by atomic mass is 79.9. The molecule has 1 N–H and O–H groups in total. The Hall–Kier alpha value is -0.160. The predicted octanol–water partition coefficient (Wildman–Crippen LogP) is 4.39. The van der Waals surface area contributed by atoms with Gasteiger partial charge in [0.05, 0.1) is 0 Å². The molecule has 1 aromatic carbocycles. The molecule has 2 rings (SSSR count). The lowest BCUT2D eigenvalue weighted by molar-refractivity contribution is 0.126. The van der Waals surface area contributed by atoms with E-state index in [1.165, 1.54) is 18.9 Å². The van der Waals surface area contributed by atoms with Crippen molar-refractivity contribution in [2.45, 2.75) is 32.7 Å². The van der Waals surface area contributed by atoms with E-state index in [-0.39, 0.29) is 18.2 Å². The molecule has 1 fully saturated rings. The molecule has 0 spiro atoms. The average molecular weight is 380 g/mol. The van der Waals surface area contributed by atoms with Crippen LogP contribution in [0.5, 0.6) is 0 Å². The monoisotopic (exact) mass is 378 g/mol. The van der Waals surface area contributed by atoms with Gasteiger partial charge < -0.3 is 5.32 Å². The Labute approximate surface area is 142 Å². The minimum atomic E-state index is -0.154. The van der Waals surface area contributed by atoms with Gasteiger partial charge in [-0.15, -0.1) is 12.4 Å². The Kier molecular flexibility index (Phi) is 8.17. The van der Waals surface area contributed by atoms with E-state index in [1.54, 1.807) is 6.07 Å². The van der Waals surface area contributed by atoms with E-state index in [4.69, 9.17) is 0 Å². The van der Waals surface area contributed by atoms with Gasteiger partial charge in [-0.25, -0.2) is 4.39 Å². The van der Waals surface area contributed by atoms with Gasteiger partial charge in [-0.05, 0) is 36.1 Å².